The molecule has 0 radical (unpaired) electrons. The van der Waals surface area contributed by atoms with Crippen LogP contribution in [0.15, 0.2) is 53.1 Å². The first-order valence-electron chi connectivity index (χ1n) is 7.02. The minimum absolute atomic E-state index is 0.108. The molecule has 22 heavy (non-hydrogen) atoms. The van der Waals surface area contributed by atoms with Gasteiger partial charge in [-0.15, -0.1) is 0 Å². The predicted molar refractivity (Wildman–Crippen MR) is 82.5 cm³/mol. The Hall–Kier alpha value is -2.66. The van der Waals surface area contributed by atoms with Crippen molar-refractivity contribution in [2.75, 3.05) is 6.54 Å². The Morgan fingerprint density at radius 3 is 2.73 bits per heavy atom. The van der Waals surface area contributed by atoms with Crippen LogP contribution in [0.25, 0.3) is 10.8 Å². The Kier molecular flexibility index (Phi) is 3.89. The van der Waals surface area contributed by atoms with Gasteiger partial charge in [-0.1, -0.05) is 41.6 Å². The highest BCUT2D eigenvalue weighted by Crippen LogP contribution is 2.20. The van der Waals surface area contributed by atoms with Crippen LogP contribution in [0.1, 0.15) is 27.9 Å². The fraction of sp³-hybridized carbons (Fsp3) is 0.176. The zero-order valence-electron chi connectivity index (χ0n) is 12.1. The van der Waals surface area contributed by atoms with Gasteiger partial charge < -0.3 is 14.9 Å². The number of carbonyl (C=O) groups excluding carboxylic acids is 1. The number of nitrogens with one attached hydrogen (secondary N) is 1. The molecule has 3 aromatic rings. The summed E-state index contributed by atoms with van der Waals surface area (Å²) >= 11 is 0. The number of nitrogens with zero attached hydrogens (tertiary/aromatic N) is 1. The van der Waals surface area contributed by atoms with Crippen molar-refractivity contribution in [2.45, 2.75) is 13.0 Å². The summed E-state index contributed by atoms with van der Waals surface area (Å²) in [5, 5.41) is 18.7. The van der Waals surface area contributed by atoms with Crippen LogP contribution >= 0.6 is 0 Å². The predicted octanol–water partition coefficient (Wildman–Crippen LogP) is 2.60. The largest absolute Gasteiger partial charge is 0.387 e. The molecule has 0 bridgehead atoms. The van der Waals surface area contributed by atoms with Crippen molar-refractivity contribution in [3.8, 4) is 0 Å². The van der Waals surface area contributed by atoms with Gasteiger partial charge in [-0.3, -0.25) is 4.79 Å². The number of hydrogen-bond donors (Lipinski definition) is 2. The molecular formula is C17H16N2O3. The van der Waals surface area contributed by atoms with E-state index in [2.05, 4.69) is 10.5 Å². The number of aromatic nitrogens is 1. The fourth-order valence-corrected chi connectivity index (χ4v) is 2.28. The van der Waals surface area contributed by atoms with E-state index < -0.39 is 6.10 Å². The van der Waals surface area contributed by atoms with E-state index in [-0.39, 0.29) is 18.2 Å². The molecule has 2 N–H and O–H groups in total. The second kappa shape index (κ2) is 5.99. The number of amides is 1. The molecule has 1 unspecified atom stereocenters. The molecule has 0 aliphatic heterocycles. The van der Waals surface area contributed by atoms with Gasteiger partial charge in [0, 0.05) is 12.6 Å². The van der Waals surface area contributed by atoms with Crippen LogP contribution in [0.2, 0.25) is 0 Å². The minimum atomic E-state index is -0.780. The summed E-state index contributed by atoms with van der Waals surface area (Å²) in [6.45, 7) is 1.85. The van der Waals surface area contributed by atoms with Gasteiger partial charge in [0.1, 0.15) is 0 Å². The molecule has 2 aromatic carbocycles. The zero-order valence-corrected chi connectivity index (χ0v) is 12.1. The van der Waals surface area contributed by atoms with E-state index in [9.17, 15) is 9.90 Å². The minimum Gasteiger partial charge on any atom is -0.387 e. The Balaban J connectivity index is 1.68. The lowest BCUT2D eigenvalue weighted by molar-refractivity contribution is 0.0880. The Morgan fingerprint density at radius 1 is 1.23 bits per heavy atom. The topological polar surface area (TPSA) is 75.4 Å². The van der Waals surface area contributed by atoms with Gasteiger partial charge in [0.2, 0.25) is 5.76 Å². The van der Waals surface area contributed by atoms with Crippen molar-refractivity contribution in [3.05, 3.63) is 65.5 Å². The van der Waals surface area contributed by atoms with Gasteiger partial charge in [0.25, 0.3) is 5.91 Å². The van der Waals surface area contributed by atoms with Gasteiger partial charge in [-0.25, -0.2) is 0 Å². The first-order valence-corrected chi connectivity index (χ1v) is 7.02. The van der Waals surface area contributed by atoms with E-state index >= 15 is 0 Å². The van der Waals surface area contributed by atoms with E-state index in [4.69, 9.17) is 4.52 Å². The molecule has 5 nitrogen and oxygen atoms in total. The lowest BCUT2D eigenvalue weighted by Gasteiger charge is -2.12. The maximum absolute atomic E-state index is 11.9. The highest BCUT2D eigenvalue weighted by Gasteiger charge is 2.14. The van der Waals surface area contributed by atoms with Crippen molar-refractivity contribution < 1.29 is 14.4 Å². The van der Waals surface area contributed by atoms with Gasteiger partial charge in [0.15, 0.2) is 0 Å². The Morgan fingerprint density at radius 2 is 2.00 bits per heavy atom. The van der Waals surface area contributed by atoms with Crippen LogP contribution in [0, 0.1) is 6.92 Å². The van der Waals surface area contributed by atoms with Gasteiger partial charge in [0.05, 0.1) is 11.8 Å². The first-order chi connectivity index (χ1) is 10.6. The third kappa shape index (κ3) is 2.99. The fourth-order valence-electron chi connectivity index (χ4n) is 2.28. The van der Waals surface area contributed by atoms with Crippen molar-refractivity contribution in [1.82, 2.24) is 10.5 Å². The zero-order chi connectivity index (χ0) is 15.5. The van der Waals surface area contributed by atoms with Crippen molar-refractivity contribution >= 4 is 16.7 Å². The summed E-state index contributed by atoms with van der Waals surface area (Å²) in [7, 11) is 0. The Labute approximate surface area is 127 Å². The second-order valence-electron chi connectivity index (χ2n) is 5.16. The summed E-state index contributed by atoms with van der Waals surface area (Å²) < 4.78 is 4.88. The molecule has 0 fully saturated rings. The average Bonchev–Trinajstić information content (AvgIpc) is 2.98. The van der Waals surface area contributed by atoms with Crippen LogP contribution < -0.4 is 5.32 Å². The van der Waals surface area contributed by atoms with E-state index in [0.29, 0.717) is 5.69 Å². The van der Waals surface area contributed by atoms with Gasteiger partial charge >= 0.3 is 0 Å². The van der Waals surface area contributed by atoms with Crippen molar-refractivity contribution in [1.29, 1.82) is 0 Å². The van der Waals surface area contributed by atoms with Gasteiger partial charge in [-0.05, 0) is 29.3 Å². The van der Waals surface area contributed by atoms with E-state index in [1.165, 1.54) is 0 Å². The van der Waals surface area contributed by atoms with E-state index in [1.54, 1.807) is 13.0 Å². The van der Waals surface area contributed by atoms with Crippen LogP contribution in [0.4, 0.5) is 0 Å². The molecule has 3 rings (SSSR count). The molecule has 1 heterocycles. The van der Waals surface area contributed by atoms with Crippen LogP contribution in [0.3, 0.4) is 0 Å². The monoisotopic (exact) mass is 296 g/mol. The molecular weight excluding hydrogens is 280 g/mol. The molecule has 0 spiro atoms. The Bertz CT molecular complexity index is 810. The third-order valence-corrected chi connectivity index (χ3v) is 3.47. The highest BCUT2D eigenvalue weighted by atomic mass is 16.5. The first kappa shape index (κ1) is 14.3. The number of benzene rings is 2. The van der Waals surface area contributed by atoms with Crippen LogP contribution in [-0.4, -0.2) is 22.7 Å². The normalized spacial score (nSPS) is 12.3. The average molecular weight is 296 g/mol. The molecule has 0 saturated carbocycles. The molecule has 0 aliphatic carbocycles. The molecule has 1 aromatic heterocycles. The summed E-state index contributed by atoms with van der Waals surface area (Å²) in [6, 6.07) is 15.2. The summed E-state index contributed by atoms with van der Waals surface area (Å²) in [5.41, 5.74) is 1.40. The maximum atomic E-state index is 11.9. The number of aliphatic hydroxyl groups excluding tert-OH is 1. The van der Waals surface area contributed by atoms with Crippen LogP contribution in [-0.2, 0) is 0 Å². The summed E-state index contributed by atoms with van der Waals surface area (Å²) in [6.07, 6.45) is -0.780. The molecule has 1 amide bonds. The lowest BCUT2D eigenvalue weighted by atomic mass is 10.0. The second-order valence-corrected chi connectivity index (χ2v) is 5.16. The van der Waals surface area contributed by atoms with Crippen LogP contribution in [0.5, 0.6) is 0 Å². The molecule has 112 valence electrons. The van der Waals surface area contributed by atoms with E-state index in [0.717, 1.165) is 16.3 Å². The molecule has 5 heteroatoms. The standard InChI is InChI=1S/C17H16N2O3/c1-11-8-16(22-19-11)17(21)18-10-15(20)14-7-6-12-4-2-3-5-13(12)9-14/h2-9,15,20H,10H2,1H3,(H,18,21). The SMILES string of the molecule is Cc1cc(C(=O)NCC(O)c2ccc3ccccc3c2)on1. The summed E-state index contributed by atoms with van der Waals surface area (Å²) in [4.78, 5) is 11.9. The highest BCUT2D eigenvalue weighted by molar-refractivity contribution is 5.91. The molecule has 1 atom stereocenters. The van der Waals surface area contributed by atoms with Gasteiger partial charge in [-0.2, -0.15) is 0 Å². The smallest absolute Gasteiger partial charge is 0.290 e. The third-order valence-electron chi connectivity index (χ3n) is 3.47. The van der Waals surface area contributed by atoms with Crippen molar-refractivity contribution in [2.24, 2.45) is 0 Å². The molecule has 0 saturated heterocycles. The molecule has 0 aliphatic rings. The summed E-state index contributed by atoms with van der Waals surface area (Å²) in [5.74, 6) is -0.247. The number of aryl methyl sites for hydroxylation is 1. The van der Waals surface area contributed by atoms with Crippen molar-refractivity contribution in [3.63, 3.8) is 0 Å². The van der Waals surface area contributed by atoms with E-state index in [1.807, 2.05) is 42.5 Å². The number of hydrogen-bond acceptors (Lipinski definition) is 4. The number of fused-ring (bicyclic) bond motifs is 1. The lowest BCUT2D eigenvalue weighted by Crippen LogP contribution is -2.28. The number of rotatable bonds is 4. The maximum Gasteiger partial charge on any atom is 0.290 e. The quantitative estimate of drug-likeness (QED) is 0.776. The number of aliphatic hydroxyl groups is 1. The number of carbonyl (C=O) groups is 1.